The van der Waals surface area contributed by atoms with Crippen LogP contribution in [0.15, 0.2) is 70.8 Å². The molecule has 0 saturated heterocycles. The zero-order chi connectivity index (χ0) is 16.8. The summed E-state index contributed by atoms with van der Waals surface area (Å²) < 4.78 is 0. The zero-order valence-corrected chi connectivity index (χ0v) is 14.2. The third-order valence-electron chi connectivity index (χ3n) is 3.23. The molecule has 0 aliphatic carbocycles. The normalized spacial score (nSPS) is 11.0. The first-order valence-electron chi connectivity index (χ1n) is 7.26. The molecule has 0 fully saturated rings. The van der Waals surface area contributed by atoms with E-state index in [1.54, 1.807) is 24.5 Å². The van der Waals surface area contributed by atoms with Crippen molar-refractivity contribution in [1.82, 2.24) is 10.4 Å². The molecule has 2 aromatic carbocycles. The van der Waals surface area contributed by atoms with Crippen molar-refractivity contribution in [1.29, 1.82) is 0 Å². The third-order valence-corrected chi connectivity index (χ3v) is 4.53. The Labute approximate surface area is 148 Å². The minimum Gasteiger partial charge on any atom is -0.272 e. The van der Waals surface area contributed by atoms with Crippen LogP contribution in [0.3, 0.4) is 0 Å². The van der Waals surface area contributed by atoms with E-state index in [1.165, 1.54) is 11.8 Å². The van der Waals surface area contributed by atoms with Gasteiger partial charge in [0.1, 0.15) is 0 Å². The first kappa shape index (κ1) is 16.5. The molecule has 1 N–H and O–H groups in total. The Morgan fingerprint density at radius 2 is 1.96 bits per heavy atom. The lowest BCUT2D eigenvalue weighted by Gasteiger charge is -2.04. The standard InChI is InChI=1S/C18H14ClN3OS/c19-15-8-6-13(7-9-15)11-21-22-17(23)12-24-16-5-1-3-14-4-2-10-20-18(14)16/h1-11H,12H2,(H,22,23)/b21-11-. The summed E-state index contributed by atoms with van der Waals surface area (Å²) in [5.41, 5.74) is 4.29. The van der Waals surface area contributed by atoms with E-state index in [4.69, 9.17) is 11.6 Å². The van der Waals surface area contributed by atoms with Gasteiger partial charge in [-0.3, -0.25) is 9.78 Å². The molecule has 0 aliphatic heterocycles. The van der Waals surface area contributed by atoms with Gasteiger partial charge in [-0.2, -0.15) is 5.10 Å². The number of fused-ring (bicyclic) bond motifs is 1. The summed E-state index contributed by atoms with van der Waals surface area (Å²) >= 11 is 7.26. The van der Waals surface area contributed by atoms with Crippen LogP contribution in [0.2, 0.25) is 5.02 Å². The van der Waals surface area contributed by atoms with Gasteiger partial charge in [-0.15, -0.1) is 11.8 Å². The Morgan fingerprint density at radius 3 is 2.79 bits per heavy atom. The van der Waals surface area contributed by atoms with E-state index >= 15 is 0 Å². The van der Waals surface area contributed by atoms with Crippen molar-refractivity contribution in [3.8, 4) is 0 Å². The molecule has 0 aliphatic rings. The number of rotatable bonds is 5. The molecule has 1 amide bonds. The van der Waals surface area contributed by atoms with E-state index < -0.39 is 0 Å². The number of amides is 1. The lowest BCUT2D eigenvalue weighted by molar-refractivity contribution is -0.118. The molecule has 6 heteroatoms. The number of nitrogens with one attached hydrogen (secondary N) is 1. The first-order valence-corrected chi connectivity index (χ1v) is 8.63. The summed E-state index contributed by atoms with van der Waals surface area (Å²) in [7, 11) is 0. The quantitative estimate of drug-likeness (QED) is 0.425. The lowest BCUT2D eigenvalue weighted by atomic mass is 10.2. The molecule has 1 heterocycles. The highest BCUT2D eigenvalue weighted by molar-refractivity contribution is 8.00. The summed E-state index contributed by atoms with van der Waals surface area (Å²) in [6.45, 7) is 0. The van der Waals surface area contributed by atoms with Crippen LogP contribution in [0.25, 0.3) is 10.9 Å². The number of hydrazone groups is 1. The maximum atomic E-state index is 11.9. The van der Waals surface area contributed by atoms with E-state index in [2.05, 4.69) is 15.5 Å². The summed E-state index contributed by atoms with van der Waals surface area (Å²) in [6.07, 6.45) is 3.33. The number of hydrogen-bond acceptors (Lipinski definition) is 4. The second-order valence-corrected chi connectivity index (χ2v) is 6.42. The molecule has 0 spiro atoms. The van der Waals surface area contributed by atoms with Gasteiger partial charge in [-0.1, -0.05) is 41.9 Å². The van der Waals surface area contributed by atoms with Crippen LogP contribution in [-0.4, -0.2) is 22.9 Å². The number of carbonyl (C=O) groups is 1. The smallest absolute Gasteiger partial charge is 0.250 e. The molecule has 0 saturated carbocycles. The van der Waals surface area contributed by atoms with Crippen LogP contribution in [0.4, 0.5) is 0 Å². The topological polar surface area (TPSA) is 54.4 Å². The molecule has 4 nitrogen and oxygen atoms in total. The number of benzene rings is 2. The monoisotopic (exact) mass is 355 g/mol. The van der Waals surface area contributed by atoms with Gasteiger partial charge in [0, 0.05) is 21.5 Å². The molecule has 120 valence electrons. The van der Waals surface area contributed by atoms with Crippen molar-refractivity contribution >= 4 is 46.4 Å². The summed E-state index contributed by atoms with van der Waals surface area (Å²) in [5.74, 6) is 0.103. The molecule has 3 aromatic rings. The molecule has 0 bridgehead atoms. The predicted molar refractivity (Wildman–Crippen MR) is 99.7 cm³/mol. The Kier molecular flexibility index (Phi) is 5.46. The molecular weight excluding hydrogens is 342 g/mol. The lowest BCUT2D eigenvalue weighted by Crippen LogP contribution is -2.19. The van der Waals surface area contributed by atoms with Crippen molar-refractivity contribution < 1.29 is 4.79 Å². The SMILES string of the molecule is O=C(CSc1cccc2cccnc12)N/N=C\c1ccc(Cl)cc1. The molecule has 24 heavy (non-hydrogen) atoms. The molecule has 0 unspecified atom stereocenters. The van der Waals surface area contributed by atoms with Crippen LogP contribution in [0, 0.1) is 0 Å². The highest BCUT2D eigenvalue weighted by atomic mass is 35.5. The van der Waals surface area contributed by atoms with E-state index in [9.17, 15) is 4.79 Å². The van der Waals surface area contributed by atoms with Gasteiger partial charge >= 0.3 is 0 Å². The molecule has 3 rings (SSSR count). The fourth-order valence-corrected chi connectivity index (χ4v) is 3.06. The van der Waals surface area contributed by atoms with Gasteiger partial charge < -0.3 is 0 Å². The van der Waals surface area contributed by atoms with Gasteiger partial charge in [0.2, 0.25) is 5.91 Å². The Morgan fingerprint density at radius 1 is 1.17 bits per heavy atom. The molecular formula is C18H14ClN3OS. The molecule has 0 atom stereocenters. The maximum Gasteiger partial charge on any atom is 0.250 e. The number of hydrogen-bond donors (Lipinski definition) is 1. The first-order chi connectivity index (χ1) is 11.7. The number of thioether (sulfide) groups is 1. The number of nitrogens with zero attached hydrogens (tertiary/aromatic N) is 2. The van der Waals surface area contributed by atoms with Crippen LogP contribution >= 0.6 is 23.4 Å². The van der Waals surface area contributed by atoms with Crippen molar-refractivity contribution in [3.05, 3.63) is 71.4 Å². The highest BCUT2D eigenvalue weighted by Crippen LogP contribution is 2.25. The van der Waals surface area contributed by atoms with Gasteiger partial charge in [-0.25, -0.2) is 5.43 Å². The Bertz CT molecular complexity index is 876. The zero-order valence-electron chi connectivity index (χ0n) is 12.6. The van der Waals surface area contributed by atoms with Crippen LogP contribution in [0.1, 0.15) is 5.56 Å². The molecule has 0 radical (unpaired) electrons. The summed E-state index contributed by atoms with van der Waals surface area (Å²) in [4.78, 5) is 17.3. The minimum absolute atomic E-state index is 0.168. The fraction of sp³-hybridized carbons (Fsp3) is 0.0556. The summed E-state index contributed by atoms with van der Waals surface area (Å²) in [6, 6.07) is 17.0. The van der Waals surface area contributed by atoms with Gasteiger partial charge in [-0.05, 0) is 29.8 Å². The van der Waals surface area contributed by atoms with Gasteiger partial charge in [0.25, 0.3) is 0 Å². The van der Waals surface area contributed by atoms with Crippen molar-refractivity contribution in [3.63, 3.8) is 0 Å². The largest absolute Gasteiger partial charge is 0.272 e. The van der Waals surface area contributed by atoms with Crippen LogP contribution in [0.5, 0.6) is 0 Å². The highest BCUT2D eigenvalue weighted by Gasteiger charge is 2.05. The van der Waals surface area contributed by atoms with Crippen molar-refractivity contribution in [2.75, 3.05) is 5.75 Å². The van der Waals surface area contributed by atoms with Gasteiger partial charge in [0.05, 0.1) is 17.5 Å². The second-order valence-electron chi connectivity index (χ2n) is 4.96. The number of halogens is 1. The number of pyridine rings is 1. The number of carbonyl (C=O) groups excluding carboxylic acids is 1. The van der Waals surface area contributed by atoms with E-state index in [0.717, 1.165) is 21.4 Å². The van der Waals surface area contributed by atoms with E-state index in [0.29, 0.717) is 5.02 Å². The van der Waals surface area contributed by atoms with Crippen molar-refractivity contribution in [2.24, 2.45) is 5.10 Å². The summed E-state index contributed by atoms with van der Waals surface area (Å²) in [5, 5.41) is 5.67. The van der Waals surface area contributed by atoms with Crippen LogP contribution in [-0.2, 0) is 4.79 Å². The second kappa shape index (κ2) is 7.95. The van der Waals surface area contributed by atoms with Crippen molar-refractivity contribution in [2.45, 2.75) is 4.90 Å². The fourth-order valence-electron chi connectivity index (χ4n) is 2.10. The van der Waals surface area contributed by atoms with E-state index in [-0.39, 0.29) is 11.7 Å². The minimum atomic E-state index is -0.168. The Balaban J connectivity index is 1.56. The average Bonchev–Trinajstić information content (AvgIpc) is 2.61. The van der Waals surface area contributed by atoms with Gasteiger partial charge in [0.15, 0.2) is 0 Å². The van der Waals surface area contributed by atoms with E-state index in [1.807, 2.05) is 42.5 Å². The Hall–Kier alpha value is -2.37. The number of para-hydroxylation sites is 1. The molecule has 1 aromatic heterocycles. The predicted octanol–water partition coefficient (Wildman–Crippen LogP) is 4.13. The maximum absolute atomic E-state index is 11.9. The third kappa shape index (κ3) is 4.34. The van der Waals surface area contributed by atoms with Crippen LogP contribution < -0.4 is 5.43 Å². The number of aromatic nitrogens is 1. The average molecular weight is 356 g/mol.